The highest BCUT2D eigenvalue weighted by molar-refractivity contribution is 7.98. The Morgan fingerprint density at radius 2 is 1.95 bits per heavy atom. The highest BCUT2D eigenvalue weighted by Crippen LogP contribution is 2.19. The Bertz CT molecular complexity index is 753. The van der Waals surface area contributed by atoms with Crippen molar-refractivity contribution in [3.8, 4) is 0 Å². The summed E-state index contributed by atoms with van der Waals surface area (Å²) in [6.45, 7) is 1.81. The van der Waals surface area contributed by atoms with Crippen molar-refractivity contribution in [2.75, 3.05) is 0 Å². The lowest BCUT2D eigenvalue weighted by molar-refractivity contribution is -0.137. The van der Waals surface area contributed by atoms with Crippen molar-refractivity contribution in [3.05, 3.63) is 42.5 Å². The lowest BCUT2D eigenvalue weighted by Crippen LogP contribution is -2.32. The van der Waals surface area contributed by atoms with Gasteiger partial charge >= 0.3 is 5.97 Å². The Morgan fingerprint density at radius 1 is 1.29 bits per heavy atom. The zero-order valence-corrected chi connectivity index (χ0v) is 12.7. The van der Waals surface area contributed by atoms with Gasteiger partial charge in [-0.05, 0) is 42.1 Å². The van der Waals surface area contributed by atoms with Crippen molar-refractivity contribution in [3.63, 3.8) is 0 Å². The summed E-state index contributed by atoms with van der Waals surface area (Å²) in [5.41, 5.74) is 0. The molecule has 2 rings (SSSR count). The summed E-state index contributed by atoms with van der Waals surface area (Å²) < 4.78 is 15.7. The molecule has 0 saturated carbocycles. The van der Waals surface area contributed by atoms with Gasteiger partial charge in [0.1, 0.15) is 0 Å². The van der Waals surface area contributed by atoms with E-state index >= 15 is 0 Å². The van der Waals surface area contributed by atoms with Crippen LogP contribution in [0.3, 0.4) is 0 Å². The van der Waals surface area contributed by atoms with Gasteiger partial charge < -0.3 is 5.11 Å². The Morgan fingerprint density at radius 3 is 2.62 bits per heavy atom. The molecule has 0 aliphatic heterocycles. The minimum Gasteiger partial charge on any atom is -0.481 e. The van der Waals surface area contributed by atoms with Gasteiger partial charge in [0.05, 0.1) is 9.71 Å². The maximum Gasteiger partial charge on any atom is 0.303 e. The van der Waals surface area contributed by atoms with Crippen LogP contribution < -0.4 is 4.72 Å². The van der Waals surface area contributed by atoms with Gasteiger partial charge in [-0.25, -0.2) is 8.93 Å². The number of benzene rings is 2. The van der Waals surface area contributed by atoms with Gasteiger partial charge in [-0.3, -0.25) is 4.79 Å². The first-order valence-corrected chi connectivity index (χ1v) is 8.46. The topological polar surface area (TPSA) is 66.4 Å². The summed E-state index contributed by atoms with van der Waals surface area (Å²) in [4.78, 5) is 11.2. The van der Waals surface area contributed by atoms with E-state index in [2.05, 4.69) is 10.6 Å². The number of nitrogens with one attached hydrogen (secondary N) is 1. The molecule has 0 aliphatic carbocycles. The first-order chi connectivity index (χ1) is 9.88. The molecule has 0 heterocycles. The molecule has 2 atom stereocenters. The van der Waals surface area contributed by atoms with Gasteiger partial charge in [0, 0.05) is 17.4 Å². The highest BCUT2D eigenvalue weighted by Gasteiger charge is 2.13. The molecule has 2 unspecified atom stereocenters. The van der Waals surface area contributed by atoms with Crippen LogP contribution in [0.4, 0.5) is 0 Å². The second kappa shape index (κ2) is 6.28. The van der Waals surface area contributed by atoms with E-state index in [1.165, 1.54) is 0 Å². The Kier molecular flexibility index (Phi) is 4.65. The van der Waals surface area contributed by atoms with Crippen LogP contribution in [0, 0.1) is 0 Å². The molecule has 0 bridgehead atoms. The maximum atomic E-state index is 12.7. The van der Waals surface area contributed by atoms with Crippen molar-refractivity contribution in [2.45, 2.75) is 30.7 Å². The molecule has 4 nitrogen and oxygen atoms in total. The number of hydrogen-bond acceptors (Lipinski definition) is 2. The molecule has 0 fully saturated rings. The van der Waals surface area contributed by atoms with Gasteiger partial charge in [-0.15, -0.1) is 0 Å². The number of carboxylic acids is 1. The average molecular weight is 305 g/mol. The molecule has 5 heteroatoms. The van der Waals surface area contributed by atoms with E-state index in [1.54, 1.807) is 6.07 Å². The fourth-order valence-electron chi connectivity index (χ4n) is 2.16. The van der Waals surface area contributed by atoms with Crippen LogP contribution in [0.5, 0.6) is 0 Å². The van der Waals surface area contributed by atoms with E-state index < -0.39 is 15.7 Å². The van der Waals surface area contributed by atoms with Crippen LogP contribution in [0.2, 0.25) is 0 Å². The lowest BCUT2D eigenvalue weighted by Gasteiger charge is -2.17. The van der Waals surface area contributed by atoms with Crippen LogP contribution in [-0.4, -0.2) is 27.2 Å². The Hall–Kier alpha value is -1.85. The van der Waals surface area contributed by atoms with E-state index in [9.17, 15) is 9.00 Å². The van der Waals surface area contributed by atoms with Gasteiger partial charge in [0.2, 0.25) is 0 Å². The van der Waals surface area contributed by atoms with Crippen LogP contribution in [0.25, 0.3) is 10.8 Å². The van der Waals surface area contributed by atoms with Crippen molar-refractivity contribution < 1.29 is 14.1 Å². The Balaban J connectivity index is 2.19. The predicted molar refractivity (Wildman–Crippen MR) is 86.9 cm³/mol. The third-order valence-electron chi connectivity index (χ3n) is 3.28. The number of fused-ring (bicyclic) bond motifs is 1. The van der Waals surface area contributed by atoms with E-state index in [0.717, 1.165) is 10.8 Å². The summed E-state index contributed by atoms with van der Waals surface area (Å²) in [5, 5.41) is 10.8. The number of aliphatic carboxylic acids is 1. The Labute approximate surface area is 124 Å². The summed E-state index contributed by atoms with van der Waals surface area (Å²) in [7, 11) is -2.64. The van der Waals surface area contributed by atoms with Crippen molar-refractivity contribution in [1.82, 2.24) is 4.72 Å². The van der Waals surface area contributed by atoms with E-state index in [-0.39, 0.29) is 12.5 Å². The molecule has 2 aromatic rings. The number of carboxylic acid groups (broad SMARTS) is 1. The van der Waals surface area contributed by atoms with Gasteiger partial charge in [-0.1, -0.05) is 30.3 Å². The third kappa shape index (κ3) is 4.06. The maximum absolute atomic E-state index is 12.7. The fourth-order valence-corrected chi connectivity index (χ4v) is 3.67. The molecular weight excluding hydrogens is 286 g/mol. The standard InChI is InChI=1S/C16H19NO3S/c1-12(7-10-16(18)19)17-21(2,20)15-9-8-13-5-3-4-6-14(13)11-15/h3-6,8-9,11-12H,2,7,10H2,1H3,(H,17,20)(H,18,19). The monoisotopic (exact) mass is 305 g/mol. The van der Waals surface area contributed by atoms with Gasteiger partial charge in [0.25, 0.3) is 0 Å². The first kappa shape index (κ1) is 15.5. The summed E-state index contributed by atoms with van der Waals surface area (Å²) in [6.07, 6.45) is 0.455. The molecule has 0 aromatic heterocycles. The smallest absolute Gasteiger partial charge is 0.303 e. The van der Waals surface area contributed by atoms with Crippen LogP contribution in [-0.2, 0) is 14.5 Å². The second-order valence-electron chi connectivity index (χ2n) is 5.14. The highest BCUT2D eigenvalue weighted by atomic mass is 32.2. The van der Waals surface area contributed by atoms with Crippen LogP contribution in [0.15, 0.2) is 47.4 Å². The SMILES string of the molecule is C=S(=O)(NC(C)CCC(=O)O)c1ccc2ccccc2c1. The van der Waals surface area contributed by atoms with Crippen LogP contribution >= 0.6 is 0 Å². The molecule has 0 aliphatic rings. The van der Waals surface area contributed by atoms with Crippen molar-refractivity contribution in [1.29, 1.82) is 0 Å². The summed E-state index contributed by atoms with van der Waals surface area (Å²) >= 11 is 0. The lowest BCUT2D eigenvalue weighted by atomic mass is 10.1. The normalized spacial score (nSPS) is 15.5. The fraction of sp³-hybridized carbons (Fsp3) is 0.250. The molecule has 2 aromatic carbocycles. The van der Waals surface area contributed by atoms with E-state index in [4.69, 9.17) is 5.11 Å². The van der Waals surface area contributed by atoms with Crippen LogP contribution in [0.1, 0.15) is 19.8 Å². The third-order valence-corrected chi connectivity index (χ3v) is 5.08. The number of carbonyl (C=O) groups is 1. The molecule has 2 N–H and O–H groups in total. The zero-order valence-electron chi connectivity index (χ0n) is 11.9. The molecule has 112 valence electrons. The molecule has 0 radical (unpaired) electrons. The van der Waals surface area contributed by atoms with Gasteiger partial charge in [0.15, 0.2) is 0 Å². The number of rotatable bonds is 6. The predicted octanol–water partition coefficient (Wildman–Crippen LogP) is 2.67. The molecule has 0 spiro atoms. The minimum absolute atomic E-state index is 0.0431. The summed E-state index contributed by atoms with van der Waals surface area (Å²) in [6, 6.07) is 13.2. The molecule has 21 heavy (non-hydrogen) atoms. The van der Waals surface area contributed by atoms with E-state index in [1.807, 2.05) is 43.3 Å². The molecule has 0 saturated heterocycles. The van der Waals surface area contributed by atoms with Crippen molar-refractivity contribution >= 4 is 32.3 Å². The number of hydrogen-bond donors (Lipinski definition) is 2. The quantitative estimate of drug-likeness (QED) is 0.806. The summed E-state index contributed by atoms with van der Waals surface area (Å²) in [5.74, 6) is 2.93. The molecular formula is C16H19NO3S. The van der Waals surface area contributed by atoms with Crippen molar-refractivity contribution in [2.24, 2.45) is 0 Å². The first-order valence-electron chi connectivity index (χ1n) is 6.73. The second-order valence-corrected chi connectivity index (χ2v) is 7.19. The average Bonchev–Trinajstić information content (AvgIpc) is 2.44. The minimum atomic E-state index is -2.64. The van der Waals surface area contributed by atoms with E-state index in [0.29, 0.717) is 11.3 Å². The molecule has 0 amide bonds. The largest absolute Gasteiger partial charge is 0.481 e. The zero-order chi connectivity index (χ0) is 15.5. The van der Waals surface area contributed by atoms with Gasteiger partial charge in [-0.2, -0.15) is 0 Å².